The van der Waals surface area contributed by atoms with Crippen LogP contribution in [0.25, 0.3) is 0 Å². The van der Waals surface area contributed by atoms with Crippen molar-refractivity contribution in [3.8, 4) is 5.75 Å². The molecular weight excluding hydrogens is 342 g/mol. The Kier molecular flexibility index (Phi) is 6.11. The third-order valence-electron chi connectivity index (χ3n) is 4.15. The largest absolute Gasteiger partial charge is 0.497 e. The SMILES string of the molecule is COc1ccc(S(=O)(=O)N[C@@H]2CCCC[C@@H]2C(=O)OC(C)(C)C)cc1. The molecule has 1 aliphatic carbocycles. The molecule has 0 unspecified atom stereocenters. The van der Waals surface area contributed by atoms with E-state index in [1.54, 1.807) is 12.1 Å². The highest BCUT2D eigenvalue weighted by atomic mass is 32.2. The molecule has 0 amide bonds. The molecule has 0 saturated heterocycles. The average Bonchev–Trinajstić information content (AvgIpc) is 2.53. The normalized spacial score (nSPS) is 21.6. The number of rotatable bonds is 5. The molecule has 0 radical (unpaired) electrons. The second-order valence-corrected chi connectivity index (χ2v) is 9.04. The molecule has 1 aromatic carbocycles. The molecule has 0 bridgehead atoms. The highest BCUT2D eigenvalue weighted by Gasteiger charge is 2.36. The predicted molar refractivity (Wildman–Crippen MR) is 94.9 cm³/mol. The smallest absolute Gasteiger partial charge is 0.311 e. The zero-order valence-corrected chi connectivity index (χ0v) is 16.1. The van der Waals surface area contributed by atoms with Crippen LogP contribution in [-0.4, -0.2) is 33.1 Å². The van der Waals surface area contributed by atoms with Crippen molar-refractivity contribution in [2.24, 2.45) is 5.92 Å². The Morgan fingerprint density at radius 3 is 2.28 bits per heavy atom. The van der Waals surface area contributed by atoms with Crippen molar-refractivity contribution in [1.29, 1.82) is 0 Å². The van der Waals surface area contributed by atoms with Gasteiger partial charge in [0, 0.05) is 6.04 Å². The molecule has 25 heavy (non-hydrogen) atoms. The number of ether oxygens (including phenoxy) is 2. The minimum absolute atomic E-state index is 0.154. The fourth-order valence-corrected chi connectivity index (χ4v) is 4.26. The molecule has 1 aromatic rings. The number of nitrogens with one attached hydrogen (secondary N) is 1. The lowest BCUT2D eigenvalue weighted by Gasteiger charge is -2.32. The van der Waals surface area contributed by atoms with Crippen LogP contribution in [0, 0.1) is 5.92 Å². The number of esters is 1. The Bertz CT molecular complexity index is 691. The lowest BCUT2D eigenvalue weighted by atomic mass is 9.85. The van der Waals surface area contributed by atoms with Crippen LogP contribution in [0.2, 0.25) is 0 Å². The third-order valence-corrected chi connectivity index (χ3v) is 5.66. The Labute approximate surface area is 150 Å². The van der Waals surface area contributed by atoms with E-state index in [4.69, 9.17) is 9.47 Å². The zero-order chi connectivity index (χ0) is 18.7. The fourth-order valence-electron chi connectivity index (χ4n) is 2.95. The minimum Gasteiger partial charge on any atom is -0.497 e. The quantitative estimate of drug-likeness (QED) is 0.807. The molecule has 0 aliphatic heterocycles. The summed E-state index contributed by atoms with van der Waals surface area (Å²) in [6, 6.07) is 5.73. The van der Waals surface area contributed by atoms with Gasteiger partial charge in [0.2, 0.25) is 10.0 Å². The first kappa shape index (κ1) is 19.7. The third kappa shape index (κ3) is 5.44. The van der Waals surface area contributed by atoms with Gasteiger partial charge in [-0.2, -0.15) is 0 Å². The lowest BCUT2D eigenvalue weighted by Crippen LogP contribution is -2.46. The van der Waals surface area contributed by atoms with E-state index in [1.165, 1.54) is 19.2 Å². The molecule has 0 aromatic heterocycles. The topological polar surface area (TPSA) is 81.7 Å². The number of hydrogen-bond donors (Lipinski definition) is 1. The highest BCUT2D eigenvalue weighted by Crippen LogP contribution is 2.28. The summed E-state index contributed by atoms with van der Waals surface area (Å²) >= 11 is 0. The first-order valence-electron chi connectivity index (χ1n) is 8.51. The van der Waals surface area contributed by atoms with Gasteiger partial charge in [-0.05, 0) is 57.9 Å². The van der Waals surface area contributed by atoms with Crippen LogP contribution >= 0.6 is 0 Å². The first-order valence-corrected chi connectivity index (χ1v) is 10.00. The van der Waals surface area contributed by atoms with Gasteiger partial charge in [-0.3, -0.25) is 4.79 Å². The summed E-state index contributed by atoms with van der Waals surface area (Å²) < 4.78 is 38.5. The Balaban J connectivity index is 2.15. The molecule has 2 atom stereocenters. The van der Waals surface area contributed by atoms with E-state index >= 15 is 0 Å². The van der Waals surface area contributed by atoms with Crippen LogP contribution in [0.4, 0.5) is 0 Å². The van der Waals surface area contributed by atoms with Gasteiger partial charge in [0.25, 0.3) is 0 Å². The van der Waals surface area contributed by atoms with Crippen molar-refractivity contribution in [2.75, 3.05) is 7.11 Å². The summed E-state index contributed by atoms with van der Waals surface area (Å²) in [5.41, 5.74) is -0.589. The van der Waals surface area contributed by atoms with Gasteiger partial charge in [0.1, 0.15) is 11.4 Å². The predicted octanol–water partition coefficient (Wildman–Crippen LogP) is 2.87. The van der Waals surface area contributed by atoms with E-state index in [2.05, 4.69) is 4.72 Å². The number of methoxy groups -OCH3 is 1. The van der Waals surface area contributed by atoms with Crippen LogP contribution in [0.5, 0.6) is 5.75 Å². The monoisotopic (exact) mass is 369 g/mol. The number of sulfonamides is 1. The van der Waals surface area contributed by atoms with Gasteiger partial charge in [-0.25, -0.2) is 13.1 Å². The molecule has 1 aliphatic rings. The molecule has 7 heteroatoms. The Hall–Kier alpha value is -1.60. The molecule has 0 heterocycles. The summed E-state index contributed by atoms with van der Waals surface area (Å²) in [5.74, 6) is -0.209. The van der Waals surface area contributed by atoms with Crippen molar-refractivity contribution in [1.82, 2.24) is 4.72 Å². The van der Waals surface area contributed by atoms with Crippen molar-refractivity contribution >= 4 is 16.0 Å². The van der Waals surface area contributed by atoms with Gasteiger partial charge in [0.15, 0.2) is 0 Å². The summed E-state index contributed by atoms with van der Waals surface area (Å²) in [6.45, 7) is 5.43. The van der Waals surface area contributed by atoms with Crippen LogP contribution < -0.4 is 9.46 Å². The Morgan fingerprint density at radius 1 is 1.12 bits per heavy atom. The van der Waals surface area contributed by atoms with Gasteiger partial charge in [-0.15, -0.1) is 0 Å². The maximum atomic E-state index is 12.6. The first-order chi connectivity index (χ1) is 11.6. The van der Waals surface area contributed by atoms with E-state index < -0.39 is 27.6 Å². The van der Waals surface area contributed by atoms with Gasteiger partial charge in [-0.1, -0.05) is 12.8 Å². The fraction of sp³-hybridized carbons (Fsp3) is 0.611. The minimum atomic E-state index is -3.71. The Morgan fingerprint density at radius 2 is 1.72 bits per heavy atom. The second-order valence-electron chi connectivity index (χ2n) is 7.33. The highest BCUT2D eigenvalue weighted by molar-refractivity contribution is 7.89. The van der Waals surface area contributed by atoms with Gasteiger partial charge < -0.3 is 9.47 Å². The van der Waals surface area contributed by atoms with E-state index in [0.29, 0.717) is 18.6 Å². The van der Waals surface area contributed by atoms with E-state index in [9.17, 15) is 13.2 Å². The number of hydrogen-bond acceptors (Lipinski definition) is 5. The summed E-state index contributed by atoms with van der Waals surface area (Å²) in [5, 5.41) is 0. The summed E-state index contributed by atoms with van der Waals surface area (Å²) in [4.78, 5) is 12.6. The average molecular weight is 369 g/mol. The van der Waals surface area contributed by atoms with E-state index in [-0.39, 0.29) is 10.9 Å². The summed E-state index contributed by atoms with van der Waals surface area (Å²) in [6.07, 6.45) is 3.03. The summed E-state index contributed by atoms with van der Waals surface area (Å²) in [7, 11) is -2.19. The maximum Gasteiger partial charge on any atom is 0.311 e. The van der Waals surface area contributed by atoms with Crippen LogP contribution in [-0.2, 0) is 19.6 Å². The molecule has 2 rings (SSSR count). The number of benzene rings is 1. The van der Waals surface area contributed by atoms with Crippen molar-refractivity contribution in [3.05, 3.63) is 24.3 Å². The molecule has 1 fully saturated rings. The number of carbonyl (C=O) groups is 1. The molecule has 0 spiro atoms. The van der Waals surface area contributed by atoms with Crippen molar-refractivity contribution in [3.63, 3.8) is 0 Å². The van der Waals surface area contributed by atoms with Crippen LogP contribution in [0.3, 0.4) is 0 Å². The molecule has 1 N–H and O–H groups in total. The molecule has 6 nitrogen and oxygen atoms in total. The van der Waals surface area contributed by atoms with E-state index in [1.807, 2.05) is 20.8 Å². The van der Waals surface area contributed by atoms with Gasteiger partial charge in [0.05, 0.1) is 17.9 Å². The van der Waals surface area contributed by atoms with E-state index in [0.717, 1.165) is 12.8 Å². The molecule has 1 saturated carbocycles. The maximum absolute atomic E-state index is 12.6. The molecular formula is C18H27NO5S. The second kappa shape index (κ2) is 7.74. The molecule has 140 valence electrons. The van der Waals surface area contributed by atoms with Crippen LogP contribution in [0.1, 0.15) is 46.5 Å². The lowest BCUT2D eigenvalue weighted by molar-refractivity contribution is -0.161. The van der Waals surface area contributed by atoms with Crippen molar-refractivity contribution in [2.45, 2.75) is 63.0 Å². The zero-order valence-electron chi connectivity index (χ0n) is 15.2. The standard InChI is InChI=1S/C18H27NO5S/c1-18(2,3)24-17(20)15-7-5-6-8-16(15)19-25(21,22)14-11-9-13(23-4)10-12-14/h9-12,15-16,19H,5-8H2,1-4H3/t15-,16+/m0/s1. The van der Waals surface area contributed by atoms with Crippen molar-refractivity contribution < 1.29 is 22.7 Å². The van der Waals surface area contributed by atoms with Gasteiger partial charge >= 0.3 is 5.97 Å². The van der Waals surface area contributed by atoms with Crippen LogP contribution in [0.15, 0.2) is 29.2 Å². The number of carbonyl (C=O) groups excluding carboxylic acids is 1.